The lowest BCUT2D eigenvalue weighted by Gasteiger charge is -2.31. The summed E-state index contributed by atoms with van der Waals surface area (Å²) in [5.74, 6) is -14.5. The molecule has 0 aromatic carbocycles. The van der Waals surface area contributed by atoms with Crippen LogP contribution in [-0.4, -0.2) is 236 Å². The van der Waals surface area contributed by atoms with Gasteiger partial charge in [0.15, 0.2) is 0 Å². The van der Waals surface area contributed by atoms with Crippen LogP contribution in [-0.2, 0) is 62.3 Å². The van der Waals surface area contributed by atoms with Gasteiger partial charge in [-0.25, -0.2) is 4.79 Å². The molecule has 12 amide bonds. The summed E-state index contributed by atoms with van der Waals surface area (Å²) in [5, 5.41) is 83.7. The molecule has 0 saturated carbocycles. The number of hydrogen-bond acceptors (Lipinski definition) is 20. The topological polar surface area (TPSA) is 519 Å². The van der Waals surface area contributed by atoms with Crippen molar-refractivity contribution in [2.75, 3.05) is 45.0 Å². The van der Waals surface area contributed by atoms with E-state index in [-0.39, 0.29) is 75.0 Å². The second-order valence-electron chi connectivity index (χ2n) is 22.8. The normalized spacial score (nSPS) is 17.6. The predicted octanol–water partition coefficient (Wildman–Crippen LogP) is -6.60. The zero-order chi connectivity index (χ0) is 66.6. The average Bonchev–Trinajstić information content (AvgIpc) is 3.64. The van der Waals surface area contributed by atoms with Gasteiger partial charge in [0.1, 0.15) is 72.5 Å². The van der Waals surface area contributed by atoms with E-state index in [9.17, 15) is 93.0 Å². The number of nitrogens with zero attached hydrogens (tertiary/aromatic N) is 1. The third-order valence-corrected chi connectivity index (χ3v) is 14.6. The number of nitrogens with two attached hydrogens (primary N) is 2. The van der Waals surface area contributed by atoms with Crippen LogP contribution in [0.2, 0.25) is 0 Å². The lowest BCUT2D eigenvalue weighted by atomic mass is 9.96. The molecule has 20 N–H and O–H groups in total. The first-order valence-corrected chi connectivity index (χ1v) is 30.3. The van der Waals surface area contributed by atoms with Crippen LogP contribution in [0.5, 0.6) is 0 Å². The van der Waals surface area contributed by atoms with E-state index >= 15 is 0 Å². The van der Waals surface area contributed by atoms with Crippen molar-refractivity contribution in [2.24, 2.45) is 35.1 Å². The standard InChI is InChI=1S/C54H95N13O19S/c1-11-28(8)41(65-44(75)31(14-16-87-10)57-47(78)34(20-40(56)73)59-50(81)39-13-12-15-67(39)53(84)38(24-71)64-43(74)30(55)21-68)51(82)66-42(29(9)72)52(83)60-33(18-26(4)5)45(76)58-32(17-25(2)3)46(77)62-37(23-70)49(80)63-36(22-69)48(79)61-35(54(85)86)19-27(6)7/h25-39,41-42,68-72H,11-24,55H2,1-10H3,(H2,56,73)(H,57,78)(H,58,76)(H,59,81)(H,60,83)(H,61,79)(H,62,77)(H,63,80)(H,64,74)(H,65,75)(H,66,82)(H,85,86)/t28-,29+,30-,31-,32-,33-,34-,35-,36-,37-,38-,39-,41-,42-/m0/s1. The van der Waals surface area contributed by atoms with Gasteiger partial charge in [-0.3, -0.25) is 57.5 Å². The number of carbonyl (C=O) groups excluding carboxylic acids is 12. The fraction of sp³-hybridized carbons (Fsp3) is 0.759. The summed E-state index contributed by atoms with van der Waals surface area (Å²) in [6.45, 7) is 11.0. The third kappa shape index (κ3) is 26.6. The SMILES string of the molecule is CC[C@H](C)[C@H](NC(=O)[C@H](CCSC)NC(=O)[C@H](CC(N)=O)NC(=O)[C@@H]1CCCN1C(=O)[C@H](CO)NC(=O)[C@@H](N)CO)C(=O)N[C@H](C(=O)N[C@@H](CC(C)C)C(=O)N[C@@H](CC(C)C)C(=O)N[C@@H](CO)C(=O)N[C@@H](CO)C(=O)N[C@@H](CC(C)C)C(=O)O)[C@@H](C)O. The van der Waals surface area contributed by atoms with Crippen LogP contribution >= 0.6 is 11.8 Å². The monoisotopic (exact) mass is 1260 g/mol. The van der Waals surface area contributed by atoms with Crippen molar-refractivity contribution in [1.29, 1.82) is 0 Å². The molecule has 0 aliphatic carbocycles. The van der Waals surface area contributed by atoms with Gasteiger partial charge in [-0.2, -0.15) is 11.8 Å². The number of primary amides is 1. The largest absolute Gasteiger partial charge is 0.480 e. The molecule has 1 saturated heterocycles. The molecule has 32 nitrogen and oxygen atoms in total. The zero-order valence-electron chi connectivity index (χ0n) is 51.2. The van der Waals surface area contributed by atoms with Gasteiger partial charge in [0.2, 0.25) is 70.9 Å². The number of thioether (sulfide) groups is 1. The first kappa shape index (κ1) is 78.2. The second kappa shape index (κ2) is 39.2. The molecule has 1 rings (SSSR count). The Kier molecular flexibility index (Phi) is 35.2. The maximum absolute atomic E-state index is 14.2. The van der Waals surface area contributed by atoms with Crippen molar-refractivity contribution in [3.63, 3.8) is 0 Å². The first-order valence-electron chi connectivity index (χ1n) is 28.9. The number of carboxylic acid groups (broad SMARTS) is 1. The Bertz CT molecular complexity index is 2350. The van der Waals surface area contributed by atoms with Crippen LogP contribution in [0.25, 0.3) is 0 Å². The lowest BCUT2D eigenvalue weighted by Crippen LogP contribution is -2.63. The summed E-state index contributed by atoms with van der Waals surface area (Å²) in [6, 6.07) is -18.3. The van der Waals surface area contributed by atoms with E-state index in [2.05, 4.69) is 53.2 Å². The van der Waals surface area contributed by atoms with E-state index in [1.165, 1.54) is 18.7 Å². The third-order valence-electron chi connectivity index (χ3n) is 13.9. The Morgan fingerprint density at radius 1 is 0.517 bits per heavy atom. The molecule has 14 atom stereocenters. The molecule has 0 unspecified atom stereocenters. The summed E-state index contributed by atoms with van der Waals surface area (Å²) in [7, 11) is 0. The van der Waals surface area contributed by atoms with Crippen LogP contribution in [0, 0.1) is 23.7 Å². The van der Waals surface area contributed by atoms with E-state index in [1.807, 2.05) is 0 Å². The van der Waals surface area contributed by atoms with Gasteiger partial charge >= 0.3 is 5.97 Å². The smallest absolute Gasteiger partial charge is 0.326 e. The summed E-state index contributed by atoms with van der Waals surface area (Å²) in [6.07, 6.45) is -0.289. The Balaban J connectivity index is 3.41. The van der Waals surface area contributed by atoms with Gasteiger partial charge in [-0.1, -0.05) is 61.8 Å². The number of carboxylic acids is 1. The van der Waals surface area contributed by atoms with Crippen molar-refractivity contribution in [3.05, 3.63) is 0 Å². The molecule has 1 aliphatic rings. The summed E-state index contributed by atoms with van der Waals surface area (Å²) >= 11 is 1.28. The zero-order valence-corrected chi connectivity index (χ0v) is 52.0. The summed E-state index contributed by atoms with van der Waals surface area (Å²) < 4.78 is 0. The molecule has 1 fully saturated rings. The number of aliphatic hydroxyl groups is 5. The van der Waals surface area contributed by atoms with Crippen molar-refractivity contribution < 1.29 is 93.0 Å². The number of nitrogens with one attached hydrogen (secondary N) is 10. The molecular formula is C54H95N13O19S. The molecule has 0 aromatic rings. The minimum atomic E-state index is -1.79. The molecular weight excluding hydrogens is 1170 g/mol. The molecule has 496 valence electrons. The minimum Gasteiger partial charge on any atom is -0.480 e. The molecule has 0 radical (unpaired) electrons. The van der Waals surface area contributed by atoms with Crippen LogP contribution in [0.1, 0.15) is 114 Å². The quantitative estimate of drug-likeness (QED) is 0.0271. The van der Waals surface area contributed by atoms with Crippen molar-refractivity contribution in [1.82, 2.24) is 58.1 Å². The Morgan fingerprint density at radius 3 is 1.36 bits per heavy atom. The Morgan fingerprint density at radius 2 is 0.920 bits per heavy atom. The highest BCUT2D eigenvalue weighted by atomic mass is 32.2. The highest BCUT2D eigenvalue weighted by Crippen LogP contribution is 2.20. The number of amides is 12. The van der Waals surface area contributed by atoms with Crippen molar-refractivity contribution in [3.8, 4) is 0 Å². The second-order valence-corrected chi connectivity index (χ2v) is 23.8. The van der Waals surface area contributed by atoms with E-state index in [0.717, 1.165) is 4.90 Å². The van der Waals surface area contributed by atoms with E-state index in [1.54, 1.807) is 61.6 Å². The molecule has 0 bridgehead atoms. The minimum absolute atomic E-state index is 0.00952. The predicted molar refractivity (Wildman–Crippen MR) is 314 cm³/mol. The van der Waals surface area contributed by atoms with E-state index in [4.69, 9.17) is 11.5 Å². The number of carbonyl (C=O) groups is 13. The van der Waals surface area contributed by atoms with E-state index < -0.39 is 194 Å². The fourth-order valence-corrected chi connectivity index (χ4v) is 9.42. The van der Waals surface area contributed by atoms with Gasteiger partial charge in [0.25, 0.3) is 0 Å². The van der Waals surface area contributed by atoms with Gasteiger partial charge in [-0.15, -0.1) is 0 Å². The number of aliphatic hydroxyl groups excluding tert-OH is 5. The average molecular weight is 1260 g/mol. The van der Waals surface area contributed by atoms with Crippen molar-refractivity contribution in [2.45, 2.75) is 192 Å². The van der Waals surface area contributed by atoms with Gasteiger partial charge in [0.05, 0.1) is 39.0 Å². The van der Waals surface area contributed by atoms with E-state index in [0.29, 0.717) is 0 Å². The maximum Gasteiger partial charge on any atom is 0.326 e. The van der Waals surface area contributed by atoms with Crippen LogP contribution in [0.3, 0.4) is 0 Å². The molecule has 0 spiro atoms. The highest BCUT2D eigenvalue weighted by Gasteiger charge is 2.41. The highest BCUT2D eigenvalue weighted by molar-refractivity contribution is 7.98. The Labute approximate surface area is 510 Å². The molecule has 1 heterocycles. The molecule has 87 heavy (non-hydrogen) atoms. The van der Waals surface area contributed by atoms with Gasteiger partial charge in [0, 0.05) is 6.54 Å². The molecule has 33 heteroatoms. The fourth-order valence-electron chi connectivity index (χ4n) is 8.95. The number of aliphatic carboxylic acids is 1. The lowest BCUT2D eigenvalue weighted by molar-refractivity contribution is -0.143. The number of hydrogen-bond donors (Lipinski definition) is 18. The van der Waals surface area contributed by atoms with Gasteiger partial charge in [-0.05, 0) is 81.1 Å². The molecule has 0 aromatic heterocycles. The van der Waals surface area contributed by atoms with Crippen LogP contribution in [0.4, 0.5) is 0 Å². The maximum atomic E-state index is 14.2. The first-order chi connectivity index (χ1) is 40.7. The molecule has 1 aliphatic heterocycles. The van der Waals surface area contributed by atoms with Crippen LogP contribution < -0.4 is 64.6 Å². The summed E-state index contributed by atoms with van der Waals surface area (Å²) in [5.41, 5.74) is 11.0. The Hall–Kier alpha value is -6.78. The van der Waals surface area contributed by atoms with Crippen molar-refractivity contribution >= 4 is 88.6 Å². The van der Waals surface area contributed by atoms with Crippen LogP contribution in [0.15, 0.2) is 0 Å². The number of rotatable bonds is 40. The summed E-state index contributed by atoms with van der Waals surface area (Å²) in [4.78, 5) is 175. The number of likely N-dealkylation sites (tertiary alicyclic amines) is 1. The van der Waals surface area contributed by atoms with Gasteiger partial charge < -0.3 is 100 Å².